The molecule has 0 fully saturated rings. The van der Waals surface area contributed by atoms with Gasteiger partial charge < -0.3 is 5.84 Å². The fourth-order valence-electron chi connectivity index (χ4n) is 1.74. The molecule has 101 heavy (non-hydrogen) atoms. The number of hydrogen-bond donors (Lipinski definition) is 2. The molecule has 0 aromatic carbocycles. The maximum atomic E-state index is 6.27. The van der Waals surface area contributed by atoms with Gasteiger partial charge in [0.15, 0.2) is 0 Å². The van der Waals surface area contributed by atoms with Crippen molar-refractivity contribution in [2.75, 3.05) is 0 Å². The van der Waals surface area contributed by atoms with Gasteiger partial charge in [-0.15, -0.1) is 0 Å². The van der Waals surface area contributed by atoms with Crippen LogP contribution in [-0.4, -0.2) is 0 Å². The molecule has 0 aromatic heterocycles. The lowest BCUT2D eigenvalue weighted by molar-refractivity contribution is 0.723. The van der Waals surface area contributed by atoms with Gasteiger partial charge in [0.2, 0.25) is 0 Å². The second kappa shape index (κ2) is 79.8. The molecule has 0 amide bonds. The van der Waals surface area contributed by atoms with Gasteiger partial charge >= 0.3 is 0 Å². The summed E-state index contributed by atoms with van der Waals surface area (Å²) < 4.78 is 0. The van der Waals surface area contributed by atoms with Gasteiger partial charge in [0.05, 0.1) is 0 Å². The molecule has 3 N–H and O–H groups in total. The highest BCUT2D eigenvalue weighted by Gasteiger charge is 1.80. The fourth-order valence-corrected chi connectivity index (χ4v) is 1.74. The van der Waals surface area contributed by atoms with Crippen LogP contribution in [0.1, 0.15) is 0 Å². The third-order valence-electron chi connectivity index (χ3n) is 3.94. The molecule has 0 saturated carbocycles. The van der Waals surface area contributed by atoms with Crippen LogP contribution in [0.15, 0.2) is 517 Å². The van der Waals surface area contributed by atoms with E-state index in [2.05, 4.69) is 523 Å². The summed E-state index contributed by atoms with van der Waals surface area (Å²) in [6.07, 6.45) is 0. The van der Waals surface area contributed by atoms with Crippen molar-refractivity contribution in [1.82, 2.24) is 0 Å². The Morgan fingerprint density at radius 3 is 0.178 bits per heavy atom. The first kappa shape index (κ1) is 80.8. The summed E-state index contributed by atoms with van der Waals surface area (Å²) in [6, 6.07) is 0. The summed E-state index contributed by atoms with van der Waals surface area (Å²) in [4.78, 5) is 0. The van der Waals surface area contributed by atoms with Crippen LogP contribution in [0.2, 0.25) is 0 Å². The maximum absolute atomic E-state index is 6.27. The molecule has 508 valence electrons. The molecule has 0 radical (unpaired) electrons. The van der Waals surface area contributed by atoms with Gasteiger partial charge in [0.25, 0.3) is 0 Å². The third-order valence-corrected chi connectivity index (χ3v) is 3.94. The van der Waals surface area contributed by atoms with Crippen molar-refractivity contribution in [2.45, 2.75) is 0 Å². The van der Waals surface area contributed by atoms with E-state index in [1.54, 1.807) is 0 Å². The predicted molar refractivity (Wildman–Crippen MR) is 247 cm³/mol. The van der Waals surface area contributed by atoms with Gasteiger partial charge in [-0.3, -0.25) is 0 Å². The van der Waals surface area contributed by atoms with Gasteiger partial charge in [0, 0.05) is 434 Å². The minimum absolute atomic E-state index is 2.50. The average Bonchev–Trinajstić information content (AvgIpc) is 3.68. The average molecular weight is 1420 g/mol. The van der Waals surface area contributed by atoms with E-state index in [1.165, 1.54) is 0 Å². The van der Waals surface area contributed by atoms with E-state index >= 15 is 0 Å². The van der Waals surface area contributed by atoms with Crippen molar-refractivity contribution in [3.05, 3.63) is 0 Å². The Kier molecular flexibility index (Phi) is 63.8. The first-order chi connectivity index (χ1) is 50.4. The molecule has 101 nitrogen and oxygen atoms in total. The summed E-state index contributed by atoms with van der Waals surface area (Å²) in [5.41, 5.74) is 6.27. The van der Waals surface area contributed by atoms with Crippen LogP contribution in [0.25, 0.3) is 0 Å². The van der Waals surface area contributed by atoms with Crippen molar-refractivity contribution >= 4 is 0 Å². The second-order valence-electron chi connectivity index (χ2n) is 8.89. The summed E-state index contributed by atoms with van der Waals surface area (Å²) in [5, 5.41) is 295. The van der Waals surface area contributed by atoms with E-state index < -0.39 is 0 Å². The maximum Gasteiger partial charge on any atom is 0 e. The molecular formula is H3N101. The van der Waals surface area contributed by atoms with Crippen LogP contribution in [0, 0.1) is 5.53 Å². The van der Waals surface area contributed by atoms with Crippen LogP contribution in [-0.2, 0) is 0 Å². The molecule has 0 aromatic rings. The molecule has 0 atom stereocenters. The Labute approximate surface area is 528 Å². The van der Waals surface area contributed by atoms with Crippen LogP contribution < -0.4 is 5.84 Å². The molecule has 0 heterocycles. The molecule has 0 rings (SSSR count). The molecule has 0 bridgehead atoms. The van der Waals surface area contributed by atoms with Crippen molar-refractivity contribution < 1.29 is 0 Å². The first-order valence-corrected chi connectivity index (χ1v) is 20.1. The van der Waals surface area contributed by atoms with E-state index in [-0.39, 0.29) is 0 Å². The fraction of sp³-hybridized carbons (Fsp3) is 0. The number of hydrogen-bond acceptors (Lipinski definition) is 2. The van der Waals surface area contributed by atoms with E-state index in [1.807, 2.05) is 0 Å². The van der Waals surface area contributed by atoms with Crippen LogP contribution in [0.5, 0.6) is 0 Å². The van der Waals surface area contributed by atoms with E-state index in [9.17, 15) is 0 Å². The Bertz CT molecular complexity index is 3750. The van der Waals surface area contributed by atoms with Gasteiger partial charge in [-0.25, -0.2) is 0 Å². The molecule has 101 heteroatoms. The van der Waals surface area contributed by atoms with E-state index in [4.69, 9.17) is 5.53 Å². The number of nitrogens with two attached hydrogens (primary N) is 1. The first-order valence-electron chi connectivity index (χ1n) is 20.1. The highest BCUT2D eigenvalue weighted by atomic mass is 15.8. The van der Waals surface area contributed by atoms with Crippen molar-refractivity contribution in [2.24, 2.45) is 523 Å². The zero-order chi connectivity index (χ0) is 72.0. The van der Waals surface area contributed by atoms with Gasteiger partial charge in [-0.1, -0.05) is 5.22 Å². The van der Waals surface area contributed by atoms with Gasteiger partial charge in [-0.05, 0) is 78.3 Å². The Morgan fingerprint density at radius 2 is 0.129 bits per heavy atom. The second-order valence-corrected chi connectivity index (χ2v) is 8.89. The van der Waals surface area contributed by atoms with E-state index in [0.717, 1.165) is 0 Å². The lowest BCUT2D eigenvalue weighted by Gasteiger charge is -1.71. The lowest BCUT2D eigenvalue weighted by atomic mass is 12.3. The van der Waals surface area contributed by atoms with Crippen LogP contribution in [0.4, 0.5) is 0 Å². The highest BCUT2D eigenvalue weighted by Crippen LogP contribution is 1.98. The Balaban J connectivity index is 4.12. The number of nitrogens with one attached hydrogen (secondary N) is 1. The summed E-state index contributed by atoms with van der Waals surface area (Å²) >= 11 is 0. The molecule has 0 aliphatic rings. The van der Waals surface area contributed by atoms with Gasteiger partial charge in [-0.2, -0.15) is 5.53 Å². The quantitative estimate of drug-likeness (QED) is 0.0335. The molecule has 0 spiro atoms. The SMILES string of the molecule is N=N/N=N/N=N/N=N/N=N/N=N/N=N/N=N/N=N/N=N/N=N/N=N/N=N/N=N/N=N/N=N/N=N/N=N/N=N/N=N/N=N/N=N/N=N/N=N/N=N/N=N/N=N/N=N/N=N/N=N/N=N/N=N/N=N/N=N/N=N/N=N/N=N/N=N/N=N/N=N/N=N/N=N/N=N/N=N/N=N/N=N/N=N/N=N/N=N/N=N/N. The summed E-state index contributed by atoms with van der Waals surface area (Å²) in [6.45, 7) is 0. The minimum atomic E-state index is 2.50. The van der Waals surface area contributed by atoms with Gasteiger partial charge in [0.1, 0.15) is 0 Å². The normalized spacial score (nSPS) is 15.6. The monoisotopic (exact) mass is 1420 g/mol. The standard InChI is InChI=1S/H3N101/c1-3-5-7-9-11-13-15-17-19-21-23-25-27-29-31-33-35-37-39-41-43-45-47-49-51-53-55-57-59-61-63-65-67-69-71-73-75-77-79-81-83-85-87-89-91-93-95-97-99-101-100-98-96-94-92-90-88-86-84-82-80-78-76-74-72-70-68-66-64-62-60-58-56-54-52-50-48-46-44-42-40-38-36-34-32-30-28-26-24-22-20-18-16-14-12-10-8-6-4-2/h(H3,1,2,5,6,9,10,13,14,17,18,21,22,25,26,29,30,33,34,37,38,41,42,45,46,49,50,53,54,57,58,61,62,65,66,69,70,73,74,77,78,81,82,85,86,89,90,93,94,97,98,101). The van der Waals surface area contributed by atoms with Crippen molar-refractivity contribution in [3.8, 4) is 0 Å². The van der Waals surface area contributed by atoms with Crippen molar-refractivity contribution in [1.29, 1.82) is 5.53 Å². The largest absolute Gasteiger partial charge is 0.303 e. The van der Waals surface area contributed by atoms with Crippen LogP contribution >= 0.6 is 0 Å². The van der Waals surface area contributed by atoms with E-state index in [0.29, 0.717) is 0 Å². The zero-order valence-electron chi connectivity index (χ0n) is 45.4. The summed E-state index contributed by atoms with van der Waals surface area (Å²) in [7, 11) is 0. The topological polar surface area (TPSA) is 1270 Å². The molecule has 0 aliphatic carbocycles. The Hall–Kier alpha value is -20.2. The lowest BCUT2D eigenvalue weighted by Crippen LogP contribution is -1.70. The highest BCUT2D eigenvalue weighted by molar-refractivity contribution is 4.23. The van der Waals surface area contributed by atoms with Crippen molar-refractivity contribution in [3.63, 3.8) is 0 Å². The summed E-state index contributed by atoms with van der Waals surface area (Å²) in [5.74, 6) is 4.63. The van der Waals surface area contributed by atoms with Crippen LogP contribution in [0.3, 0.4) is 0 Å². The minimum Gasteiger partial charge on any atom is -0.303 e. The smallest absolute Gasteiger partial charge is 0 e. The predicted octanol–water partition coefficient (Wildman–Crippen LogP) is 17.9. The Morgan fingerprint density at radius 1 is 0.0792 bits per heavy atom. The molecule has 0 unspecified atom stereocenters. The molecule has 0 aliphatic heterocycles. The number of rotatable bonds is 49. The number of nitrogens with zero attached hydrogens (tertiary/aromatic N) is 99. The molecule has 0 saturated heterocycles. The third kappa shape index (κ3) is 79.8. The zero-order valence-corrected chi connectivity index (χ0v) is 45.4. The molecular weight excluding hydrogens is 1410 g/mol.